The van der Waals surface area contributed by atoms with Gasteiger partial charge in [0.25, 0.3) is 5.91 Å². The molecular weight excluding hydrogens is 311 g/mol. The number of halogens is 2. The van der Waals surface area contributed by atoms with E-state index in [-0.39, 0.29) is 5.91 Å². The summed E-state index contributed by atoms with van der Waals surface area (Å²) in [5.74, 6) is -0.209. The fraction of sp³-hybridized carbons (Fsp3) is 0.286. The van der Waals surface area contributed by atoms with E-state index >= 15 is 0 Å². The highest BCUT2D eigenvalue weighted by Gasteiger charge is 2.22. The summed E-state index contributed by atoms with van der Waals surface area (Å²) in [6.45, 7) is 2.29. The minimum atomic E-state index is -0.209. The second kappa shape index (κ2) is 6.37. The smallest absolute Gasteiger partial charge is 0.274 e. The lowest BCUT2D eigenvalue weighted by Gasteiger charge is -2.11. The fourth-order valence-electron chi connectivity index (χ4n) is 1.87. The van der Waals surface area contributed by atoms with Crippen LogP contribution in [0.5, 0.6) is 0 Å². The molecule has 0 aliphatic carbocycles. The number of hydrogen-bond acceptors (Lipinski definition) is 4. The first-order chi connectivity index (χ1) is 9.88. The number of rotatable bonds is 4. The van der Waals surface area contributed by atoms with Crippen molar-refractivity contribution in [3.05, 3.63) is 39.5 Å². The molecule has 0 unspecified atom stereocenters. The van der Waals surface area contributed by atoms with Crippen LogP contribution in [0.2, 0.25) is 10.0 Å². The third-order valence-electron chi connectivity index (χ3n) is 2.93. The van der Waals surface area contributed by atoms with Crippen molar-refractivity contribution in [2.24, 2.45) is 5.10 Å². The average molecular weight is 327 g/mol. The molecule has 1 aromatic carbocycles. The van der Waals surface area contributed by atoms with Gasteiger partial charge in [0.2, 0.25) is 0 Å². The van der Waals surface area contributed by atoms with Crippen LogP contribution in [-0.2, 0) is 4.79 Å². The number of carbonyl (C=O) groups is 1. The van der Waals surface area contributed by atoms with E-state index in [9.17, 15) is 4.79 Å². The molecule has 0 bridgehead atoms. The summed E-state index contributed by atoms with van der Waals surface area (Å²) < 4.78 is 0. The molecule has 1 amide bonds. The number of hydrogen-bond donors (Lipinski definition) is 2. The molecule has 0 aromatic heterocycles. The zero-order valence-corrected chi connectivity index (χ0v) is 13.5. The molecule has 0 saturated heterocycles. The summed E-state index contributed by atoms with van der Waals surface area (Å²) >= 11 is 12.2. The molecule has 0 spiro atoms. The number of nitrogens with one attached hydrogen (secondary N) is 2. The summed E-state index contributed by atoms with van der Waals surface area (Å²) in [5.41, 5.74) is 5.31. The number of carbonyl (C=O) groups excluding carboxylic acids is 1. The third kappa shape index (κ3) is 3.68. The molecule has 1 aromatic rings. The summed E-state index contributed by atoms with van der Waals surface area (Å²) in [5, 5.41) is 8.35. The molecule has 7 heteroatoms. The average Bonchev–Trinajstić information content (AvgIpc) is 2.73. The van der Waals surface area contributed by atoms with Gasteiger partial charge in [-0.15, -0.1) is 0 Å². The first-order valence-corrected chi connectivity index (χ1v) is 7.09. The molecule has 21 heavy (non-hydrogen) atoms. The molecule has 1 heterocycles. The molecule has 2 N–H and O–H groups in total. The number of aryl methyl sites for hydroxylation is 1. The van der Waals surface area contributed by atoms with Gasteiger partial charge >= 0.3 is 0 Å². The summed E-state index contributed by atoms with van der Waals surface area (Å²) in [6, 6.07) is 3.56. The van der Waals surface area contributed by atoms with E-state index in [2.05, 4.69) is 15.8 Å². The van der Waals surface area contributed by atoms with E-state index in [1.54, 1.807) is 17.2 Å². The molecule has 2 rings (SSSR count). The van der Waals surface area contributed by atoms with Crippen molar-refractivity contribution < 1.29 is 4.79 Å². The maximum Gasteiger partial charge on any atom is 0.274 e. The Morgan fingerprint density at radius 3 is 2.71 bits per heavy atom. The van der Waals surface area contributed by atoms with Crippen LogP contribution in [0, 0.1) is 6.92 Å². The Hall–Kier alpha value is -1.72. The lowest BCUT2D eigenvalue weighted by atomic mass is 10.1. The van der Waals surface area contributed by atoms with Crippen LogP contribution < -0.4 is 10.7 Å². The summed E-state index contributed by atoms with van der Waals surface area (Å²) in [4.78, 5) is 13.5. The highest BCUT2D eigenvalue weighted by atomic mass is 35.5. The van der Waals surface area contributed by atoms with Crippen LogP contribution in [-0.4, -0.2) is 37.2 Å². The van der Waals surface area contributed by atoms with Crippen molar-refractivity contribution in [3.8, 4) is 0 Å². The van der Waals surface area contributed by atoms with Crippen LogP contribution in [0.15, 0.2) is 29.0 Å². The van der Waals surface area contributed by atoms with Crippen molar-refractivity contribution in [1.29, 1.82) is 0 Å². The standard InChI is InChI=1S/C14H16Cl2N4O/c1-8-4-12(11(16)5-10(8)15)17-6-13-9(7-20(2)3)14(21)19-18-13/h4-5,7,17H,6H2,1-3H3,(H,19,21). The van der Waals surface area contributed by atoms with Crippen molar-refractivity contribution >= 4 is 40.5 Å². The van der Waals surface area contributed by atoms with E-state index in [1.807, 2.05) is 27.1 Å². The quantitative estimate of drug-likeness (QED) is 0.836. The minimum Gasteiger partial charge on any atom is -0.383 e. The largest absolute Gasteiger partial charge is 0.383 e. The molecule has 0 radical (unpaired) electrons. The van der Waals surface area contributed by atoms with Crippen molar-refractivity contribution in [2.75, 3.05) is 26.0 Å². The summed E-state index contributed by atoms with van der Waals surface area (Å²) in [7, 11) is 3.70. The van der Waals surface area contributed by atoms with Gasteiger partial charge in [-0.25, -0.2) is 5.43 Å². The minimum absolute atomic E-state index is 0.209. The SMILES string of the molecule is Cc1cc(NCC2=NNC(=O)C2=CN(C)C)c(Cl)cc1Cl. The van der Waals surface area contributed by atoms with Gasteiger partial charge in [-0.3, -0.25) is 4.79 Å². The Kier molecular flexibility index (Phi) is 4.75. The van der Waals surface area contributed by atoms with E-state index in [0.29, 0.717) is 27.9 Å². The van der Waals surface area contributed by atoms with Gasteiger partial charge in [-0.1, -0.05) is 23.2 Å². The summed E-state index contributed by atoms with van der Waals surface area (Å²) in [6.07, 6.45) is 1.73. The fourth-order valence-corrected chi connectivity index (χ4v) is 2.32. The molecule has 5 nitrogen and oxygen atoms in total. The highest BCUT2D eigenvalue weighted by Crippen LogP contribution is 2.28. The highest BCUT2D eigenvalue weighted by molar-refractivity contribution is 6.37. The molecule has 0 atom stereocenters. The Morgan fingerprint density at radius 1 is 1.33 bits per heavy atom. The van der Waals surface area contributed by atoms with Gasteiger partial charge in [0.05, 0.1) is 28.5 Å². The van der Waals surface area contributed by atoms with E-state index in [0.717, 1.165) is 11.3 Å². The Morgan fingerprint density at radius 2 is 2.05 bits per heavy atom. The zero-order valence-electron chi connectivity index (χ0n) is 12.0. The van der Waals surface area contributed by atoms with Crippen molar-refractivity contribution in [2.45, 2.75) is 6.92 Å². The Bertz CT molecular complexity index is 638. The van der Waals surface area contributed by atoms with Gasteiger partial charge in [0, 0.05) is 25.3 Å². The number of benzene rings is 1. The monoisotopic (exact) mass is 326 g/mol. The van der Waals surface area contributed by atoms with E-state index in [1.165, 1.54) is 0 Å². The maximum absolute atomic E-state index is 11.7. The van der Waals surface area contributed by atoms with Gasteiger partial charge in [0.15, 0.2) is 0 Å². The second-order valence-electron chi connectivity index (χ2n) is 4.94. The van der Waals surface area contributed by atoms with Gasteiger partial charge in [0.1, 0.15) is 0 Å². The van der Waals surface area contributed by atoms with Gasteiger partial charge in [-0.2, -0.15) is 5.10 Å². The predicted octanol–water partition coefficient (Wildman–Crippen LogP) is 2.65. The van der Waals surface area contributed by atoms with Crippen LogP contribution in [0.25, 0.3) is 0 Å². The molecule has 0 saturated carbocycles. The van der Waals surface area contributed by atoms with Gasteiger partial charge < -0.3 is 10.2 Å². The lowest BCUT2D eigenvalue weighted by Crippen LogP contribution is -2.20. The number of anilines is 1. The Labute approximate surface area is 133 Å². The topological polar surface area (TPSA) is 56.7 Å². The van der Waals surface area contributed by atoms with E-state index < -0.39 is 0 Å². The zero-order chi connectivity index (χ0) is 15.6. The molecule has 112 valence electrons. The second-order valence-corrected chi connectivity index (χ2v) is 5.76. The number of hydrazone groups is 1. The predicted molar refractivity (Wildman–Crippen MR) is 87.0 cm³/mol. The van der Waals surface area contributed by atoms with Crippen LogP contribution in [0.1, 0.15) is 5.56 Å². The number of amides is 1. The molecule has 0 fully saturated rings. The first kappa shape index (κ1) is 15.7. The first-order valence-electron chi connectivity index (χ1n) is 6.33. The van der Waals surface area contributed by atoms with Crippen molar-refractivity contribution in [1.82, 2.24) is 10.3 Å². The normalized spacial score (nSPS) is 16.0. The van der Waals surface area contributed by atoms with Crippen LogP contribution in [0.4, 0.5) is 5.69 Å². The maximum atomic E-state index is 11.7. The third-order valence-corrected chi connectivity index (χ3v) is 3.65. The lowest BCUT2D eigenvalue weighted by molar-refractivity contribution is -0.116. The number of nitrogens with zero attached hydrogens (tertiary/aromatic N) is 2. The molecule has 1 aliphatic heterocycles. The van der Waals surface area contributed by atoms with E-state index in [4.69, 9.17) is 23.2 Å². The Balaban J connectivity index is 2.13. The van der Waals surface area contributed by atoms with Crippen LogP contribution >= 0.6 is 23.2 Å². The van der Waals surface area contributed by atoms with Gasteiger partial charge in [-0.05, 0) is 24.6 Å². The molecule has 1 aliphatic rings. The van der Waals surface area contributed by atoms with Crippen molar-refractivity contribution in [3.63, 3.8) is 0 Å². The van der Waals surface area contributed by atoms with Crippen LogP contribution in [0.3, 0.4) is 0 Å². The molecular formula is C14H16Cl2N4O.